The molecule has 3 rings (SSSR count). The Morgan fingerprint density at radius 1 is 1.08 bits per heavy atom. The molecule has 0 spiro atoms. The molecule has 0 aromatic carbocycles. The minimum Gasteiger partial charge on any atom is -0.347 e. The van der Waals surface area contributed by atoms with Gasteiger partial charge in [-0.15, -0.1) is 0 Å². The molecule has 24 heavy (non-hydrogen) atoms. The third-order valence-corrected chi connectivity index (χ3v) is 4.38. The van der Waals surface area contributed by atoms with Crippen LogP contribution in [0.5, 0.6) is 0 Å². The maximum atomic E-state index is 12.8. The number of likely N-dealkylation sites (N-methyl/N-ethyl adjacent to an activating group) is 1. The van der Waals surface area contributed by atoms with Crippen LogP contribution in [0.2, 0.25) is 0 Å². The van der Waals surface area contributed by atoms with Gasteiger partial charge in [0.1, 0.15) is 5.54 Å². The minimum atomic E-state index is -0.749. The monoisotopic (exact) mass is 328 g/mol. The summed E-state index contributed by atoms with van der Waals surface area (Å²) in [6.45, 7) is 0.910. The zero-order valence-corrected chi connectivity index (χ0v) is 13.8. The molecule has 2 aromatic rings. The number of likely N-dealkylation sites (tertiary alicyclic amines) is 1. The number of carbonyl (C=O) groups excluding carboxylic acids is 2. The summed E-state index contributed by atoms with van der Waals surface area (Å²) >= 11 is 0. The van der Waals surface area contributed by atoms with Crippen molar-refractivity contribution in [3.05, 3.63) is 42.7 Å². The quantitative estimate of drug-likeness (QED) is 0.814. The topological polar surface area (TPSA) is 84.2 Å². The van der Waals surface area contributed by atoms with Gasteiger partial charge in [-0.2, -0.15) is 5.10 Å². The van der Waals surface area contributed by atoms with E-state index in [1.165, 1.54) is 0 Å². The molecule has 8 heteroatoms. The van der Waals surface area contributed by atoms with Gasteiger partial charge in [0.25, 0.3) is 5.91 Å². The molecule has 2 aromatic heterocycles. The maximum Gasteiger partial charge on any atom is 0.291 e. The summed E-state index contributed by atoms with van der Waals surface area (Å²) in [5, 5.41) is 4.28. The molecule has 0 N–H and O–H groups in total. The lowest BCUT2D eigenvalue weighted by Gasteiger charge is -2.41. The average molecular weight is 328 g/mol. The molecule has 0 bridgehead atoms. The molecule has 0 atom stereocenters. The van der Waals surface area contributed by atoms with Gasteiger partial charge in [0.15, 0.2) is 0 Å². The maximum absolute atomic E-state index is 12.8. The van der Waals surface area contributed by atoms with Crippen LogP contribution in [0.4, 0.5) is 0 Å². The molecule has 1 aliphatic heterocycles. The molecule has 0 radical (unpaired) electrons. The van der Waals surface area contributed by atoms with E-state index >= 15 is 0 Å². The zero-order chi connectivity index (χ0) is 17.2. The van der Waals surface area contributed by atoms with Crippen LogP contribution < -0.4 is 0 Å². The summed E-state index contributed by atoms with van der Waals surface area (Å²) in [5.41, 5.74) is -0.749. The van der Waals surface area contributed by atoms with Crippen molar-refractivity contribution in [2.45, 2.75) is 18.4 Å². The highest BCUT2D eigenvalue weighted by Gasteiger charge is 2.45. The molecule has 0 unspecified atom stereocenters. The first-order valence-electron chi connectivity index (χ1n) is 7.83. The van der Waals surface area contributed by atoms with Crippen LogP contribution >= 0.6 is 0 Å². The largest absolute Gasteiger partial charge is 0.347 e. The second kappa shape index (κ2) is 6.38. The van der Waals surface area contributed by atoms with E-state index in [1.807, 2.05) is 0 Å². The molecule has 1 saturated heterocycles. The molecule has 0 saturated carbocycles. The van der Waals surface area contributed by atoms with Gasteiger partial charge in [-0.05, 0) is 25.0 Å². The van der Waals surface area contributed by atoms with Gasteiger partial charge < -0.3 is 9.80 Å². The Kier molecular flexibility index (Phi) is 4.28. The third kappa shape index (κ3) is 2.75. The van der Waals surface area contributed by atoms with Crippen molar-refractivity contribution in [1.82, 2.24) is 29.5 Å². The first-order valence-corrected chi connectivity index (χ1v) is 7.83. The van der Waals surface area contributed by atoms with Crippen LogP contribution in [0.1, 0.15) is 23.5 Å². The van der Waals surface area contributed by atoms with E-state index < -0.39 is 5.54 Å². The SMILES string of the molecule is CN(C)C(=O)C1(n2cccn2)CCN(C(=O)c2ncccn2)CC1. The summed E-state index contributed by atoms with van der Waals surface area (Å²) in [7, 11) is 3.48. The van der Waals surface area contributed by atoms with Crippen LogP contribution in [-0.4, -0.2) is 68.5 Å². The van der Waals surface area contributed by atoms with Gasteiger partial charge in [-0.3, -0.25) is 14.3 Å². The molecule has 8 nitrogen and oxygen atoms in total. The van der Waals surface area contributed by atoms with Crippen molar-refractivity contribution >= 4 is 11.8 Å². The fourth-order valence-corrected chi connectivity index (χ4v) is 3.11. The number of carbonyl (C=O) groups is 2. The fourth-order valence-electron chi connectivity index (χ4n) is 3.11. The number of aromatic nitrogens is 4. The molecule has 1 fully saturated rings. The summed E-state index contributed by atoms with van der Waals surface area (Å²) in [6.07, 6.45) is 7.58. The van der Waals surface area contributed by atoms with E-state index in [0.717, 1.165) is 0 Å². The van der Waals surface area contributed by atoms with Crippen LogP contribution in [0, 0.1) is 0 Å². The van der Waals surface area contributed by atoms with Crippen LogP contribution in [0.15, 0.2) is 36.9 Å². The average Bonchev–Trinajstić information content (AvgIpc) is 3.16. The second-order valence-electron chi connectivity index (χ2n) is 6.05. The van der Waals surface area contributed by atoms with E-state index in [2.05, 4.69) is 15.1 Å². The normalized spacial score (nSPS) is 16.7. The number of nitrogens with zero attached hydrogens (tertiary/aromatic N) is 6. The number of hydrogen-bond donors (Lipinski definition) is 0. The lowest BCUT2D eigenvalue weighted by atomic mass is 9.86. The lowest BCUT2D eigenvalue weighted by Crippen LogP contribution is -2.56. The number of rotatable bonds is 3. The van der Waals surface area contributed by atoms with Crippen LogP contribution in [0.3, 0.4) is 0 Å². The van der Waals surface area contributed by atoms with E-state index in [9.17, 15) is 9.59 Å². The Bertz CT molecular complexity index is 705. The highest BCUT2D eigenvalue weighted by Crippen LogP contribution is 2.31. The zero-order valence-electron chi connectivity index (χ0n) is 13.8. The third-order valence-electron chi connectivity index (χ3n) is 4.38. The first kappa shape index (κ1) is 16.1. The van der Waals surface area contributed by atoms with Crippen molar-refractivity contribution in [3.8, 4) is 0 Å². The molecular formula is C16H20N6O2. The molecule has 1 aliphatic rings. The van der Waals surface area contributed by atoms with Crippen molar-refractivity contribution in [3.63, 3.8) is 0 Å². The molecule has 126 valence electrons. The smallest absolute Gasteiger partial charge is 0.291 e. The lowest BCUT2D eigenvalue weighted by molar-refractivity contribution is -0.141. The first-order chi connectivity index (χ1) is 11.5. The fraction of sp³-hybridized carbons (Fsp3) is 0.438. The number of hydrogen-bond acceptors (Lipinski definition) is 5. The molecular weight excluding hydrogens is 308 g/mol. The Balaban J connectivity index is 1.80. The van der Waals surface area contributed by atoms with Crippen molar-refractivity contribution in [1.29, 1.82) is 0 Å². The van der Waals surface area contributed by atoms with E-state index in [-0.39, 0.29) is 17.6 Å². The van der Waals surface area contributed by atoms with Gasteiger partial charge in [-0.1, -0.05) is 0 Å². The van der Waals surface area contributed by atoms with Crippen molar-refractivity contribution in [2.24, 2.45) is 0 Å². The van der Waals surface area contributed by atoms with Crippen molar-refractivity contribution < 1.29 is 9.59 Å². The second-order valence-corrected chi connectivity index (χ2v) is 6.05. The Hall–Kier alpha value is -2.77. The Labute approximate surface area is 140 Å². The van der Waals surface area contributed by atoms with Crippen LogP contribution in [0.25, 0.3) is 0 Å². The van der Waals surface area contributed by atoms with Gasteiger partial charge in [0.05, 0.1) is 0 Å². The van der Waals surface area contributed by atoms with Gasteiger partial charge in [-0.25, -0.2) is 9.97 Å². The number of piperidine rings is 1. The molecule has 0 aliphatic carbocycles. The van der Waals surface area contributed by atoms with E-state index in [4.69, 9.17) is 0 Å². The van der Waals surface area contributed by atoms with Gasteiger partial charge >= 0.3 is 0 Å². The van der Waals surface area contributed by atoms with Gasteiger partial charge in [0.2, 0.25) is 11.7 Å². The van der Waals surface area contributed by atoms with Crippen LogP contribution in [-0.2, 0) is 10.3 Å². The van der Waals surface area contributed by atoms with E-state index in [0.29, 0.717) is 25.9 Å². The minimum absolute atomic E-state index is 0.00531. The Morgan fingerprint density at radius 3 is 2.29 bits per heavy atom. The molecule has 3 heterocycles. The number of amides is 2. The highest BCUT2D eigenvalue weighted by molar-refractivity contribution is 5.91. The van der Waals surface area contributed by atoms with Gasteiger partial charge in [0, 0.05) is 52.0 Å². The highest BCUT2D eigenvalue weighted by atomic mass is 16.2. The molecule has 2 amide bonds. The summed E-state index contributed by atoms with van der Waals surface area (Å²) in [5.74, 6) is -0.0285. The summed E-state index contributed by atoms with van der Waals surface area (Å²) in [6, 6.07) is 3.48. The van der Waals surface area contributed by atoms with E-state index in [1.54, 1.807) is 65.5 Å². The van der Waals surface area contributed by atoms with Crippen molar-refractivity contribution in [2.75, 3.05) is 27.2 Å². The standard InChI is InChI=1S/C16H20N6O2/c1-20(2)15(24)16(22-10-4-9-19-22)5-11-21(12-6-16)14(23)13-17-7-3-8-18-13/h3-4,7-10H,5-6,11-12H2,1-2H3. The predicted molar refractivity (Wildman–Crippen MR) is 86.1 cm³/mol. The predicted octanol–water partition coefficient (Wildman–Crippen LogP) is 0.393. The summed E-state index contributed by atoms with van der Waals surface area (Å²) in [4.78, 5) is 36.6. The Morgan fingerprint density at radius 2 is 1.75 bits per heavy atom. The summed E-state index contributed by atoms with van der Waals surface area (Å²) < 4.78 is 1.72.